The van der Waals surface area contributed by atoms with Crippen LogP contribution in [0.2, 0.25) is 0 Å². The van der Waals surface area contributed by atoms with Gasteiger partial charge in [-0.05, 0) is 31.6 Å². The number of rotatable bonds is 2. The van der Waals surface area contributed by atoms with E-state index in [1.807, 2.05) is 12.1 Å². The molecule has 2 N–H and O–H groups in total. The van der Waals surface area contributed by atoms with Crippen LogP contribution in [0.15, 0.2) is 18.3 Å². The van der Waals surface area contributed by atoms with Crippen LogP contribution in [0.5, 0.6) is 0 Å². The molecule has 64 valence electrons. The van der Waals surface area contributed by atoms with E-state index in [4.69, 9.17) is 5.73 Å². The highest BCUT2D eigenvalue weighted by atomic mass is 15.2. The third-order valence-corrected chi connectivity index (χ3v) is 2.17. The molecule has 3 heteroatoms. The molecule has 1 aliphatic rings. The fourth-order valence-electron chi connectivity index (χ4n) is 1.35. The van der Waals surface area contributed by atoms with Gasteiger partial charge in [0.15, 0.2) is 0 Å². The third kappa shape index (κ3) is 1.56. The van der Waals surface area contributed by atoms with E-state index in [2.05, 4.69) is 9.88 Å². The second kappa shape index (κ2) is 3.11. The maximum absolute atomic E-state index is 5.64. The van der Waals surface area contributed by atoms with Gasteiger partial charge in [0.2, 0.25) is 0 Å². The minimum Gasteiger partial charge on any atom is -0.399 e. The number of likely N-dealkylation sites (tertiary alicyclic amines) is 1. The molecule has 1 fully saturated rings. The molecule has 0 atom stereocenters. The van der Waals surface area contributed by atoms with Crippen LogP contribution in [-0.2, 0) is 6.54 Å². The van der Waals surface area contributed by atoms with Crippen LogP contribution in [0.4, 0.5) is 5.69 Å². The Bertz CT molecular complexity index is 268. The van der Waals surface area contributed by atoms with Crippen molar-refractivity contribution in [2.24, 2.45) is 0 Å². The van der Waals surface area contributed by atoms with E-state index in [0.29, 0.717) is 0 Å². The van der Waals surface area contributed by atoms with Gasteiger partial charge in [0.05, 0.1) is 5.69 Å². The quantitative estimate of drug-likeness (QED) is 0.703. The Labute approximate surface area is 72.2 Å². The number of nitrogen functional groups attached to an aromatic ring is 1. The van der Waals surface area contributed by atoms with E-state index in [1.165, 1.54) is 19.5 Å². The Morgan fingerprint density at radius 3 is 2.92 bits per heavy atom. The third-order valence-electron chi connectivity index (χ3n) is 2.17. The van der Waals surface area contributed by atoms with Crippen molar-refractivity contribution in [3.8, 4) is 0 Å². The minimum absolute atomic E-state index is 0.806. The van der Waals surface area contributed by atoms with Crippen molar-refractivity contribution < 1.29 is 0 Å². The van der Waals surface area contributed by atoms with Gasteiger partial charge in [0.1, 0.15) is 0 Å². The van der Waals surface area contributed by atoms with Gasteiger partial charge in [-0.15, -0.1) is 0 Å². The predicted molar refractivity (Wildman–Crippen MR) is 48.5 cm³/mol. The van der Waals surface area contributed by atoms with Crippen LogP contribution in [0.1, 0.15) is 12.1 Å². The van der Waals surface area contributed by atoms with Gasteiger partial charge in [0.25, 0.3) is 0 Å². The standard InChI is InChI=1S/C9H13N3/c10-8-2-3-11-9(6-8)7-12-4-1-5-12/h2-3,6H,1,4-5,7H2,(H2,10,11). The Morgan fingerprint density at radius 1 is 1.50 bits per heavy atom. The van der Waals surface area contributed by atoms with Gasteiger partial charge < -0.3 is 5.73 Å². The van der Waals surface area contributed by atoms with E-state index in [9.17, 15) is 0 Å². The molecule has 2 heterocycles. The largest absolute Gasteiger partial charge is 0.399 e. The fourth-order valence-corrected chi connectivity index (χ4v) is 1.35. The Balaban J connectivity index is 2.02. The van der Waals surface area contributed by atoms with Crippen LogP contribution in [-0.4, -0.2) is 23.0 Å². The molecular formula is C9H13N3. The molecule has 1 aromatic heterocycles. The minimum atomic E-state index is 0.806. The van der Waals surface area contributed by atoms with Gasteiger partial charge in [0, 0.05) is 18.4 Å². The van der Waals surface area contributed by atoms with Crippen molar-refractivity contribution >= 4 is 5.69 Å². The second-order valence-electron chi connectivity index (χ2n) is 3.21. The Hall–Kier alpha value is -1.09. The number of hydrogen-bond donors (Lipinski definition) is 1. The van der Waals surface area contributed by atoms with Crippen LogP contribution < -0.4 is 5.73 Å². The lowest BCUT2D eigenvalue weighted by Gasteiger charge is -2.30. The summed E-state index contributed by atoms with van der Waals surface area (Å²) in [4.78, 5) is 6.60. The first kappa shape index (κ1) is 7.55. The van der Waals surface area contributed by atoms with Crippen molar-refractivity contribution in [2.45, 2.75) is 13.0 Å². The van der Waals surface area contributed by atoms with Gasteiger partial charge in [-0.2, -0.15) is 0 Å². The van der Waals surface area contributed by atoms with Crippen LogP contribution >= 0.6 is 0 Å². The lowest BCUT2D eigenvalue weighted by molar-refractivity contribution is 0.170. The summed E-state index contributed by atoms with van der Waals surface area (Å²) in [6.07, 6.45) is 3.09. The predicted octanol–water partition coefficient (Wildman–Crippen LogP) is 0.870. The van der Waals surface area contributed by atoms with Gasteiger partial charge in [-0.1, -0.05) is 0 Å². The number of pyridine rings is 1. The molecular weight excluding hydrogens is 150 g/mol. The molecule has 0 saturated carbocycles. The van der Waals surface area contributed by atoms with E-state index >= 15 is 0 Å². The lowest BCUT2D eigenvalue weighted by Crippen LogP contribution is -2.36. The highest BCUT2D eigenvalue weighted by Crippen LogP contribution is 2.11. The van der Waals surface area contributed by atoms with Crippen molar-refractivity contribution in [1.82, 2.24) is 9.88 Å². The summed E-state index contributed by atoms with van der Waals surface area (Å²) in [6, 6.07) is 3.76. The molecule has 0 aromatic carbocycles. The SMILES string of the molecule is Nc1ccnc(CN2CCC2)c1. The molecule has 1 saturated heterocycles. The highest BCUT2D eigenvalue weighted by Gasteiger charge is 2.13. The first-order valence-electron chi connectivity index (χ1n) is 4.27. The highest BCUT2D eigenvalue weighted by molar-refractivity contribution is 5.37. The summed E-state index contributed by atoms with van der Waals surface area (Å²) in [5.74, 6) is 0. The molecule has 0 aliphatic carbocycles. The Kier molecular flexibility index (Phi) is 1.96. The number of hydrogen-bond acceptors (Lipinski definition) is 3. The topological polar surface area (TPSA) is 42.1 Å². The number of nitrogens with two attached hydrogens (primary N) is 1. The summed E-state index contributed by atoms with van der Waals surface area (Å²) >= 11 is 0. The smallest absolute Gasteiger partial charge is 0.0564 e. The van der Waals surface area contributed by atoms with Gasteiger partial charge >= 0.3 is 0 Å². The normalized spacial score (nSPS) is 17.3. The molecule has 1 aliphatic heterocycles. The summed E-state index contributed by atoms with van der Waals surface area (Å²) in [5, 5.41) is 0. The Morgan fingerprint density at radius 2 is 2.33 bits per heavy atom. The monoisotopic (exact) mass is 163 g/mol. The number of aromatic nitrogens is 1. The van der Waals surface area contributed by atoms with Crippen molar-refractivity contribution in [3.05, 3.63) is 24.0 Å². The van der Waals surface area contributed by atoms with Crippen molar-refractivity contribution in [3.63, 3.8) is 0 Å². The van der Waals surface area contributed by atoms with E-state index in [0.717, 1.165) is 17.9 Å². The second-order valence-corrected chi connectivity index (χ2v) is 3.21. The van der Waals surface area contributed by atoms with E-state index < -0.39 is 0 Å². The summed E-state index contributed by atoms with van der Waals surface area (Å²) in [7, 11) is 0. The average Bonchev–Trinajstić information content (AvgIpc) is 1.97. The zero-order chi connectivity index (χ0) is 8.39. The van der Waals surface area contributed by atoms with Gasteiger partial charge in [-0.25, -0.2) is 0 Å². The van der Waals surface area contributed by atoms with Crippen molar-refractivity contribution in [1.29, 1.82) is 0 Å². The molecule has 0 amide bonds. The first-order chi connectivity index (χ1) is 5.84. The fraction of sp³-hybridized carbons (Fsp3) is 0.444. The van der Waals surface area contributed by atoms with Crippen LogP contribution in [0.3, 0.4) is 0 Å². The number of nitrogens with zero attached hydrogens (tertiary/aromatic N) is 2. The molecule has 0 radical (unpaired) electrons. The molecule has 0 spiro atoms. The molecule has 0 unspecified atom stereocenters. The summed E-state index contributed by atoms with van der Waals surface area (Å²) < 4.78 is 0. The summed E-state index contributed by atoms with van der Waals surface area (Å²) in [6.45, 7) is 3.36. The van der Waals surface area contributed by atoms with Crippen LogP contribution in [0, 0.1) is 0 Å². The molecule has 2 rings (SSSR count). The molecule has 0 bridgehead atoms. The average molecular weight is 163 g/mol. The summed E-state index contributed by atoms with van der Waals surface area (Å²) in [5.41, 5.74) is 7.52. The zero-order valence-electron chi connectivity index (χ0n) is 7.03. The van der Waals surface area contributed by atoms with E-state index in [1.54, 1.807) is 6.20 Å². The maximum atomic E-state index is 5.64. The zero-order valence-corrected chi connectivity index (χ0v) is 7.03. The maximum Gasteiger partial charge on any atom is 0.0564 e. The van der Waals surface area contributed by atoms with Crippen LogP contribution in [0.25, 0.3) is 0 Å². The van der Waals surface area contributed by atoms with Crippen molar-refractivity contribution in [2.75, 3.05) is 18.8 Å². The molecule has 1 aromatic rings. The molecule has 12 heavy (non-hydrogen) atoms. The first-order valence-corrected chi connectivity index (χ1v) is 4.27. The lowest BCUT2D eigenvalue weighted by atomic mass is 10.2. The molecule has 3 nitrogen and oxygen atoms in total. The van der Waals surface area contributed by atoms with E-state index in [-0.39, 0.29) is 0 Å². The van der Waals surface area contributed by atoms with Gasteiger partial charge in [-0.3, -0.25) is 9.88 Å². The number of anilines is 1.